The van der Waals surface area contributed by atoms with Gasteiger partial charge in [0, 0.05) is 36.8 Å². The number of amides is 2. The lowest BCUT2D eigenvalue weighted by Gasteiger charge is -2.30. The van der Waals surface area contributed by atoms with Gasteiger partial charge >= 0.3 is 29.4 Å². The number of phosphoric ester groups is 3. The fourth-order valence-electron chi connectivity index (χ4n) is 8.84. The van der Waals surface area contributed by atoms with Gasteiger partial charge in [0.25, 0.3) is 0 Å². The number of fused-ring (bicyclic) bond motifs is 1. The number of carbonyl (C=O) groups is 4. The van der Waals surface area contributed by atoms with Crippen molar-refractivity contribution in [2.45, 2.75) is 141 Å². The number of aromatic nitrogens is 4. The van der Waals surface area contributed by atoms with E-state index in [2.05, 4.69) is 46.6 Å². The van der Waals surface area contributed by atoms with Crippen LogP contribution < -0.4 is 16.4 Å². The number of ether oxygens (including phenoxy) is 1. The van der Waals surface area contributed by atoms with Gasteiger partial charge in [0.05, 0.1) is 25.0 Å². The highest BCUT2D eigenvalue weighted by Gasteiger charge is 2.51. The fraction of sp³-hybridized carbons (Fsp3) is 0.659. The Bertz CT molecular complexity index is 2590. The molecule has 73 heavy (non-hydrogen) atoms. The van der Waals surface area contributed by atoms with Crippen LogP contribution in [0.25, 0.3) is 11.2 Å². The molecule has 406 valence electrons. The molecular formula is C44H66N7O19P3. The van der Waals surface area contributed by atoms with Crippen LogP contribution >= 0.6 is 23.5 Å². The molecule has 26 nitrogen and oxygen atoms in total. The molecule has 3 aliphatic rings. The predicted molar refractivity (Wildman–Crippen MR) is 256 cm³/mol. The third kappa shape index (κ3) is 16.2. The Kier molecular flexibility index (Phi) is 19.3. The summed E-state index contributed by atoms with van der Waals surface area (Å²) in [6.45, 7) is 0.368. The molecule has 2 saturated carbocycles. The number of carboxylic acid groups (broad SMARTS) is 1. The van der Waals surface area contributed by atoms with Crippen LogP contribution in [0, 0.1) is 16.2 Å². The lowest BCUT2D eigenvalue weighted by atomic mass is 9.87. The summed E-state index contributed by atoms with van der Waals surface area (Å²) in [6.07, 6.45) is 4.47. The Labute approximate surface area is 420 Å². The second-order valence-electron chi connectivity index (χ2n) is 19.6. The quantitative estimate of drug-likeness (QED) is 0.0316. The lowest BCUT2D eigenvalue weighted by molar-refractivity contribution is -0.143. The van der Waals surface area contributed by atoms with E-state index in [1.807, 2.05) is 12.1 Å². The monoisotopic (exact) mass is 1090 g/mol. The van der Waals surface area contributed by atoms with Crippen molar-refractivity contribution in [3.63, 3.8) is 0 Å². The number of aryl methyl sites for hydroxylation is 2. The molecule has 6 rings (SSSR count). The number of nitrogens with one attached hydrogen (secondary N) is 2. The normalized spacial score (nSPS) is 22.2. The molecular weight excluding hydrogens is 1020 g/mol. The summed E-state index contributed by atoms with van der Waals surface area (Å²) in [5.74, 6) is -2.06. The molecule has 11 N–H and O–H groups in total. The highest BCUT2D eigenvalue weighted by molar-refractivity contribution is 7.61. The Balaban J connectivity index is 0.855. The number of nitrogens with zero attached hydrogens (tertiary/aromatic N) is 4. The highest BCUT2D eigenvalue weighted by atomic mass is 31.3. The molecule has 1 aromatic carbocycles. The Morgan fingerprint density at radius 3 is 2.10 bits per heavy atom. The molecule has 7 unspecified atom stereocenters. The number of rotatable bonds is 32. The maximum atomic E-state index is 13.2. The number of carboxylic acids is 1. The fourth-order valence-corrected chi connectivity index (χ4v) is 11.7. The maximum absolute atomic E-state index is 13.2. The molecule has 3 aromatic rings. The second kappa shape index (κ2) is 24.3. The summed E-state index contributed by atoms with van der Waals surface area (Å²) >= 11 is 0. The van der Waals surface area contributed by atoms with Crippen molar-refractivity contribution in [3.8, 4) is 0 Å². The Morgan fingerprint density at radius 1 is 0.863 bits per heavy atom. The zero-order valence-corrected chi connectivity index (χ0v) is 43.2. The summed E-state index contributed by atoms with van der Waals surface area (Å²) in [6, 6.07) is 8.38. The number of aliphatic hydroxyl groups is 2. The Morgan fingerprint density at radius 2 is 1.47 bits per heavy atom. The number of hydrogen-bond acceptors (Lipinski definition) is 18. The summed E-state index contributed by atoms with van der Waals surface area (Å²) in [7, 11) is -16.5. The summed E-state index contributed by atoms with van der Waals surface area (Å²) in [4.78, 5) is 101. The van der Waals surface area contributed by atoms with Gasteiger partial charge in [0.1, 0.15) is 42.0 Å². The number of benzene rings is 1. The topological polar surface area (TPSA) is 401 Å². The van der Waals surface area contributed by atoms with Gasteiger partial charge in [0.15, 0.2) is 17.7 Å². The van der Waals surface area contributed by atoms with E-state index in [1.165, 1.54) is 25.0 Å². The number of anilines is 1. The van der Waals surface area contributed by atoms with E-state index < -0.39 is 95.9 Å². The number of phosphoric acid groups is 3. The number of unbranched alkanes of at least 4 members (excludes halogenated alkanes) is 3. The van der Waals surface area contributed by atoms with Crippen LogP contribution in [0.2, 0.25) is 0 Å². The van der Waals surface area contributed by atoms with Crippen molar-refractivity contribution < 1.29 is 90.4 Å². The van der Waals surface area contributed by atoms with E-state index in [1.54, 1.807) is 0 Å². The predicted octanol–water partition coefficient (Wildman–Crippen LogP) is 3.53. The van der Waals surface area contributed by atoms with E-state index in [9.17, 15) is 67.8 Å². The molecule has 0 bridgehead atoms. The van der Waals surface area contributed by atoms with Gasteiger partial charge in [-0.2, -0.15) is 4.31 Å². The van der Waals surface area contributed by atoms with Gasteiger partial charge in [-0.15, -0.1) is 0 Å². The third-order valence-corrected chi connectivity index (χ3v) is 16.7. The van der Waals surface area contributed by atoms with Crippen LogP contribution in [0.4, 0.5) is 5.82 Å². The van der Waals surface area contributed by atoms with Crippen LogP contribution in [0.1, 0.15) is 115 Å². The van der Waals surface area contributed by atoms with Crippen molar-refractivity contribution >= 4 is 64.0 Å². The number of ketones is 1. The third-order valence-electron chi connectivity index (χ3n) is 13.6. The summed E-state index contributed by atoms with van der Waals surface area (Å²) < 4.78 is 62.7. The molecule has 3 fully saturated rings. The summed E-state index contributed by atoms with van der Waals surface area (Å²) in [5, 5.41) is 36.2. The van der Waals surface area contributed by atoms with E-state index in [-0.39, 0.29) is 54.1 Å². The number of carbonyl (C=O) groups excluding carboxylic acids is 3. The molecule has 2 amide bonds. The van der Waals surface area contributed by atoms with Crippen LogP contribution in [0.15, 0.2) is 36.9 Å². The van der Waals surface area contributed by atoms with Crippen molar-refractivity contribution in [1.82, 2.24) is 30.2 Å². The molecule has 2 aromatic heterocycles. The van der Waals surface area contributed by atoms with Crippen LogP contribution in [0.5, 0.6) is 0 Å². The maximum Gasteiger partial charge on any atom is 0.481 e. The number of hydrogen-bond donors (Lipinski definition) is 10. The van der Waals surface area contributed by atoms with Crippen LogP contribution in [0.3, 0.4) is 0 Å². The molecule has 0 radical (unpaired) electrons. The van der Waals surface area contributed by atoms with E-state index in [0.717, 1.165) is 101 Å². The first-order valence-corrected chi connectivity index (χ1v) is 28.5. The van der Waals surface area contributed by atoms with Crippen LogP contribution in [-0.2, 0) is 68.3 Å². The standard InChI is InChI=1S/C44H66N7O19P3/c1-42(2,25-67-73(64,65)70-72(62,63)66-24-30-35(69-71(59,60)61)34(54)40(68-30)51-27-50-33-37(45)48-26-49-38(33)51)36(55)39(56)47-23-15-32(53)46-22-14-31(52)43(18-19-43)16-9-7-13-29-12-6-5-11-28(29)10-4-3-8-17-44(20-21-44)41(57)58/h5-6,11-12,26-27,30,34-36,40,54-55H,3-4,7-10,13-25H2,1-2H3,(H,46,53)(H,47,56)(H,57,58)(H,62,63)(H,64,65)(H2,45,48,49)(H2,59,60,61). The largest absolute Gasteiger partial charge is 0.481 e. The first-order valence-electron chi connectivity index (χ1n) is 24.0. The van der Waals surface area contributed by atoms with E-state index >= 15 is 0 Å². The molecule has 7 atom stereocenters. The van der Waals surface area contributed by atoms with Gasteiger partial charge < -0.3 is 56.0 Å². The van der Waals surface area contributed by atoms with Crippen molar-refractivity contribution in [2.24, 2.45) is 16.2 Å². The van der Waals surface area contributed by atoms with Gasteiger partial charge in [-0.25, -0.2) is 28.6 Å². The molecule has 29 heteroatoms. The average molecular weight is 1090 g/mol. The van der Waals surface area contributed by atoms with E-state index in [4.69, 9.17) is 19.5 Å². The molecule has 3 heterocycles. The SMILES string of the molecule is CC(C)(COP(=O)(O)OP(=O)(O)OCC1OC(n2cnc3c(N)ncnc32)C(O)C1OP(=O)(O)O)C(O)C(=O)NCCC(=O)NCCC(=O)C1(CCCCc2ccccc2CCCCCC2(C(=O)O)CC2)CC1. The average Bonchev–Trinajstić information content (AvgIpc) is 4.23. The van der Waals surface area contributed by atoms with Gasteiger partial charge in [-0.3, -0.25) is 37.3 Å². The smallest absolute Gasteiger partial charge is 0.481 e. The zero-order chi connectivity index (χ0) is 53.4. The minimum absolute atomic E-state index is 0.0266. The second-order valence-corrected chi connectivity index (χ2v) is 23.9. The van der Waals surface area contributed by atoms with E-state index in [0.29, 0.717) is 0 Å². The highest BCUT2D eigenvalue weighted by Crippen LogP contribution is 2.61. The first-order chi connectivity index (χ1) is 34.3. The van der Waals surface area contributed by atoms with Gasteiger partial charge in [-0.1, -0.05) is 57.4 Å². The van der Waals surface area contributed by atoms with Gasteiger partial charge in [0.2, 0.25) is 11.8 Å². The number of aliphatic carboxylic acids is 1. The number of aliphatic hydroxyl groups excluding tert-OH is 2. The minimum atomic E-state index is -5.60. The molecule has 2 aliphatic carbocycles. The summed E-state index contributed by atoms with van der Waals surface area (Å²) in [5.41, 5.74) is 6.03. The van der Waals surface area contributed by atoms with Gasteiger partial charge in [-0.05, 0) is 75.3 Å². The molecule has 1 aliphatic heterocycles. The zero-order valence-electron chi connectivity index (χ0n) is 40.5. The van der Waals surface area contributed by atoms with Crippen molar-refractivity contribution in [2.75, 3.05) is 32.0 Å². The van der Waals surface area contributed by atoms with Crippen molar-refractivity contribution in [3.05, 3.63) is 48.0 Å². The number of imidazole rings is 1. The first kappa shape index (κ1) is 58.2. The van der Waals surface area contributed by atoms with Crippen LogP contribution in [-0.4, -0.2) is 129 Å². The number of Topliss-reactive ketones (excluding diaryl/α,β-unsaturated/α-hetero) is 1. The molecule has 0 spiro atoms. The lowest BCUT2D eigenvalue weighted by Crippen LogP contribution is -2.46. The molecule has 1 saturated heterocycles. The minimum Gasteiger partial charge on any atom is -0.481 e. The van der Waals surface area contributed by atoms with Crippen molar-refractivity contribution in [1.29, 1.82) is 0 Å². The number of nitrogens with two attached hydrogens (primary N) is 1. The number of nitrogen functional groups attached to an aromatic ring is 1. The Hall–Kier alpha value is -4.10.